The predicted octanol–water partition coefficient (Wildman–Crippen LogP) is 0.315. The number of fused-ring (bicyclic) bond motifs is 1. The number of hydrogen-bond acceptors (Lipinski definition) is 9. The van der Waals surface area contributed by atoms with Crippen LogP contribution < -0.4 is 5.32 Å². The summed E-state index contributed by atoms with van der Waals surface area (Å²) in [5.41, 5.74) is 1.54. The summed E-state index contributed by atoms with van der Waals surface area (Å²) in [5, 5.41) is 13.3. The molecule has 30 heavy (non-hydrogen) atoms. The number of anilines is 1. The molecule has 5 rings (SSSR count). The minimum atomic E-state index is -0.239. The molecule has 1 aliphatic carbocycles. The number of ether oxygens (including phenoxy) is 2. The van der Waals surface area contributed by atoms with Crippen molar-refractivity contribution in [3.8, 4) is 0 Å². The smallest absolute Gasteiger partial charge is 0.167 e. The number of nitrogens with one attached hydrogen (secondary N) is 1. The highest BCUT2D eigenvalue weighted by Crippen LogP contribution is 2.28. The van der Waals surface area contributed by atoms with Gasteiger partial charge >= 0.3 is 0 Å². The van der Waals surface area contributed by atoms with Gasteiger partial charge in [-0.25, -0.2) is 15.0 Å². The van der Waals surface area contributed by atoms with E-state index in [4.69, 9.17) is 9.47 Å². The van der Waals surface area contributed by atoms with E-state index in [0.29, 0.717) is 6.04 Å². The third-order valence-corrected chi connectivity index (χ3v) is 6.38. The Morgan fingerprint density at radius 1 is 1.07 bits per heavy atom. The fraction of sp³-hybridized carbons (Fsp3) is 0.750. The maximum atomic E-state index is 9.79. The molecule has 164 valence electrons. The van der Waals surface area contributed by atoms with Gasteiger partial charge in [0.2, 0.25) is 0 Å². The van der Waals surface area contributed by atoms with Crippen LogP contribution in [0.1, 0.15) is 25.5 Å². The lowest BCUT2D eigenvalue weighted by atomic mass is 9.93. The molecule has 0 bridgehead atoms. The highest BCUT2D eigenvalue weighted by molar-refractivity contribution is 5.82. The van der Waals surface area contributed by atoms with Crippen molar-refractivity contribution >= 4 is 17.0 Å². The van der Waals surface area contributed by atoms with Crippen LogP contribution in [0.3, 0.4) is 0 Å². The zero-order chi connectivity index (χ0) is 20.3. The summed E-state index contributed by atoms with van der Waals surface area (Å²) in [7, 11) is 0. The Bertz CT molecular complexity index is 837. The number of hydrogen-bond donors (Lipinski definition) is 2. The molecule has 0 radical (unpaired) electrons. The summed E-state index contributed by atoms with van der Waals surface area (Å²) in [5.74, 6) is 0.794. The Kier molecular flexibility index (Phi) is 6.09. The summed E-state index contributed by atoms with van der Waals surface area (Å²) in [6.45, 7) is 6.98. The molecule has 2 saturated heterocycles. The summed E-state index contributed by atoms with van der Waals surface area (Å²) in [6, 6.07) is 0.480. The monoisotopic (exact) mass is 417 g/mol. The van der Waals surface area contributed by atoms with Crippen molar-refractivity contribution in [2.24, 2.45) is 0 Å². The van der Waals surface area contributed by atoms with Gasteiger partial charge in [0, 0.05) is 45.3 Å². The number of rotatable bonds is 7. The first-order chi connectivity index (χ1) is 14.8. The number of aliphatic hydroxyl groups is 1. The van der Waals surface area contributed by atoms with Gasteiger partial charge in [0.05, 0.1) is 32.3 Å². The Morgan fingerprint density at radius 2 is 1.90 bits per heavy atom. The standard InChI is InChI=1S/C20H31N7O3/c28-12-16-10-26(5-4-25-6-8-29-9-7-25)11-17(30-16)27-14-23-18-19(21-13-22-20(18)27)24-15-2-1-3-15/h13-17,28H,1-12H2,(H,21,22,24)/t16-,17+/m0/s1. The Morgan fingerprint density at radius 3 is 2.67 bits per heavy atom. The maximum absolute atomic E-state index is 9.79. The highest BCUT2D eigenvalue weighted by atomic mass is 16.5. The van der Waals surface area contributed by atoms with Gasteiger partial charge in [0.25, 0.3) is 0 Å². The van der Waals surface area contributed by atoms with Crippen LogP contribution in [0.4, 0.5) is 5.82 Å². The molecule has 2 N–H and O–H groups in total. The fourth-order valence-corrected chi connectivity index (χ4v) is 4.35. The van der Waals surface area contributed by atoms with Crippen LogP contribution in [-0.2, 0) is 9.47 Å². The number of morpholine rings is 2. The number of aliphatic hydroxyl groups excluding tert-OH is 1. The predicted molar refractivity (Wildman–Crippen MR) is 111 cm³/mol. The van der Waals surface area contributed by atoms with Crippen LogP contribution in [0, 0.1) is 0 Å². The lowest BCUT2D eigenvalue weighted by molar-refractivity contribution is -0.134. The van der Waals surface area contributed by atoms with Gasteiger partial charge in [-0.05, 0) is 19.3 Å². The van der Waals surface area contributed by atoms with Gasteiger partial charge in [-0.1, -0.05) is 0 Å². The largest absolute Gasteiger partial charge is 0.394 e. The van der Waals surface area contributed by atoms with Crippen molar-refractivity contribution in [2.45, 2.75) is 37.6 Å². The molecule has 0 amide bonds. The molecular weight excluding hydrogens is 386 g/mol. The number of imidazole rings is 1. The topological polar surface area (TPSA) is 101 Å². The van der Waals surface area contributed by atoms with Gasteiger partial charge in [-0.3, -0.25) is 14.4 Å². The van der Waals surface area contributed by atoms with Crippen LogP contribution in [0.5, 0.6) is 0 Å². The van der Waals surface area contributed by atoms with Crippen LogP contribution in [0.2, 0.25) is 0 Å². The van der Waals surface area contributed by atoms with E-state index in [0.717, 1.165) is 69.5 Å². The third kappa shape index (κ3) is 4.28. The van der Waals surface area contributed by atoms with Crippen molar-refractivity contribution in [3.63, 3.8) is 0 Å². The normalized spacial score (nSPS) is 26.7. The quantitative estimate of drug-likeness (QED) is 0.659. The molecule has 0 spiro atoms. The van der Waals surface area contributed by atoms with Gasteiger partial charge in [0.15, 0.2) is 17.0 Å². The minimum absolute atomic E-state index is 0.000648. The third-order valence-electron chi connectivity index (χ3n) is 6.38. The summed E-state index contributed by atoms with van der Waals surface area (Å²) >= 11 is 0. The Hall–Kier alpha value is -1.85. The molecule has 1 saturated carbocycles. The maximum Gasteiger partial charge on any atom is 0.167 e. The fourth-order valence-electron chi connectivity index (χ4n) is 4.35. The number of nitrogens with zero attached hydrogens (tertiary/aromatic N) is 6. The van der Waals surface area contributed by atoms with Gasteiger partial charge in [-0.15, -0.1) is 0 Å². The molecule has 2 atom stereocenters. The summed E-state index contributed by atoms with van der Waals surface area (Å²) < 4.78 is 13.6. The SMILES string of the molecule is OC[C@@H]1CN(CCN2CCOCC2)C[C@H](n2cnc3c(NC4CCC4)ncnc32)O1. The molecule has 2 aliphatic heterocycles. The van der Waals surface area contributed by atoms with Crippen molar-refractivity contribution in [3.05, 3.63) is 12.7 Å². The van der Waals surface area contributed by atoms with E-state index in [9.17, 15) is 5.11 Å². The van der Waals surface area contributed by atoms with Crippen LogP contribution in [0.25, 0.3) is 11.2 Å². The lowest BCUT2D eigenvalue weighted by Crippen LogP contribution is -2.50. The van der Waals surface area contributed by atoms with E-state index < -0.39 is 0 Å². The molecule has 3 fully saturated rings. The average Bonchev–Trinajstić information content (AvgIpc) is 3.20. The molecule has 3 aliphatic rings. The van der Waals surface area contributed by atoms with E-state index in [1.54, 1.807) is 12.7 Å². The van der Waals surface area contributed by atoms with Gasteiger partial charge in [0.1, 0.15) is 12.6 Å². The van der Waals surface area contributed by atoms with E-state index in [1.165, 1.54) is 19.3 Å². The van der Waals surface area contributed by atoms with E-state index >= 15 is 0 Å². The molecule has 10 nitrogen and oxygen atoms in total. The summed E-state index contributed by atoms with van der Waals surface area (Å²) in [6.07, 6.45) is 6.53. The second kappa shape index (κ2) is 9.11. The van der Waals surface area contributed by atoms with Gasteiger partial charge in [-0.2, -0.15) is 0 Å². The summed E-state index contributed by atoms with van der Waals surface area (Å²) in [4.78, 5) is 18.3. The highest BCUT2D eigenvalue weighted by Gasteiger charge is 2.30. The molecule has 2 aromatic heterocycles. The Balaban J connectivity index is 1.30. The molecule has 10 heteroatoms. The first kappa shape index (κ1) is 20.1. The number of aromatic nitrogens is 4. The molecule has 2 aromatic rings. The molecular formula is C20H31N7O3. The van der Waals surface area contributed by atoms with E-state index in [-0.39, 0.29) is 18.9 Å². The zero-order valence-electron chi connectivity index (χ0n) is 17.3. The molecule has 0 aromatic carbocycles. The minimum Gasteiger partial charge on any atom is -0.394 e. The van der Waals surface area contributed by atoms with Crippen molar-refractivity contribution in [2.75, 3.05) is 64.4 Å². The van der Waals surface area contributed by atoms with Crippen molar-refractivity contribution < 1.29 is 14.6 Å². The van der Waals surface area contributed by atoms with E-state index in [2.05, 4.69) is 30.1 Å². The second-order valence-electron chi connectivity index (χ2n) is 8.43. The first-order valence-corrected chi connectivity index (χ1v) is 11.0. The van der Waals surface area contributed by atoms with Crippen molar-refractivity contribution in [1.29, 1.82) is 0 Å². The van der Waals surface area contributed by atoms with Crippen LogP contribution in [0.15, 0.2) is 12.7 Å². The van der Waals surface area contributed by atoms with Crippen LogP contribution in [-0.4, -0.2) is 106 Å². The first-order valence-electron chi connectivity index (χ1n) is 11.0. The van der Waals surface area contributed by atoms with Crippen molar-refractivity contribution in [1.82, 2.24) is 29.3 Å². The zero-order valence-corrected chi connectivity index (χ0v) is 17.3. The van der Waals surface area contributed by atoms with E-state index in [1.807, 2.05) is 4.57 Å². The Labute approximate surface area is 176 Å². The van der Waals surface area contributed by atoms with Gasteiger partial charge < -0.3 is 19.9 Å². The molecule has 0 unspecified atom stereocenters. The molecule has 4 heterocycles. The lowest BCUT2D eigenvalue weighted by Gasteiger charge is -2.39. The van der Waals surface area contributed by atoms with Crippen LogP contribution >= 0.6 is 0 Å². The average molecular weight is 418 g/mol. The second-order valence-corrected chi connectivity index (χ2v) is 8.43.